The number of carboxylic acid groups (broad SMARTS) is 1. The van der Waals surface area contributed by atoms with Gasteiger partial charge in [-0.2, -0.15) is 5.26 Å². The first-order valence-electron chi connectivity index (χ1n) is 6.88. The minimum absolute atomic E-state index is 0.0514. The molecule has 0 heterocycles. The van der Waals surface area contributed by atoms with Crippen LogP contribution in [0.15, 0.2) is 30.3 Å². The molecule has 22 heavy (non-hydrogen) atoms. The van der Waals surface area contributed by atoms with Gasteiger partial charge in [-0.15, -0.1) is 0 Å². The molecule has 0 saturated carbocycles. The van der Waals surface area contributed by atoms with Gasteiger partial charge in [0.2, 0.25) is 0 Å². The first-order chi connectivity index (χ1) is 10.5. The van der Waals surface area contributed by atoms with E-state index in [-0.39, 0.29) is 11.1 Å². The van der Waals surface area contributed by atoms with Crippen LogP contribution in [0.3, 0.4) is 0 Å². The van der Waals surface area contributed by atoms with E-state index in [0.717, 1.165) is 28.0 Å². The molecule has 0 aliphatic rings. The lowest BCUT2D eigenvalue weighted by Crippen LogP contribution is -2.08. The number of hydrogen-bond acceptors (Lipinski definition) is 3. The standard InChI is InChI=1S/C18H17NO3/c1-11-8-15(18(20)21)16(10-19)14(12(11)2)9-13-6-4-5-7-17(13)22-3/h4-8H,9H2,1-3H3,(H,20,21). The molecule has 0 bridgehead atoms. The Morgan fingerprint density at radius 2 is 2.00 bits per heavy atom. The van der Waals surface area contributed by atoms with Crippen molar-refractivity contribution >= 4 is 5.97 Å². The Kier molecular flexibility index (Phi) is 4.47. The van der Waals surface area contributed by atoms with Gasteiger partial charge in [0.25, 0.3) is 0 Å². The molecule has 4 heteroatoms. The molecule has 0 unspecified atom stereocenters. The quantitative estimate of drug-likeness (QED) is 0.937. The number of aryl methyl sites for hydroxylation is 1. The monoisotopic (exact) mass is 295 g/mol. The molecule has 0 saturated heterocycles. The van der Waals surface area contributed by atoms with Crippen LogP contribution in [0.1, 0.15) is 38.2 Å². The molecule has 2 rings (SSSR count). The van der Waals surface area contributed by atoms with E-state index in [0.29, 0.717) is 6.42 Å². The third-order valence-corrected chi connectivity index (χ3v) is 3.88. The molecule has 0 atom stereocenters. The van der Waals surface area contributed by atoms with Crippen LogP contribution < -0.4 is 4.74 Å². The zero-order chi connectivity index (χ0) is 16.3. The number of methoxy groups -OCH3 is 1. The summed E-state index contributed by atoms with van der Waals surface area (Å²) >= 11 is 0. The second-order valence-corrected chi connectivity index (χ2v) is 5.13. The van der Waals surface area contributed by atoms with Crippen LogP contribution in [-0.2, 0) is 6.42 Å². The Bertz CT molecular complexity index is 773. The number of rotatable bonds is 4. The highest BCUT2D eigenvalue weighted by molar-refractivity contribution is 5.91. The van der Waals surface area contributed by atoms with E-state index in [2.05, 4.69) is 0 Å². The predicted molar refractivity (Wildman–Crippen MR) is 83.4 cm³/mol. The van der Waals surface area contributed by atoms with E-state index in [1.807, 2.05) is 44.2 Å². The highest BCUT2D eigenvalue weighted by Gasteiger charge is 2.19. The van der Waals surface area contributed by atoms with Gasteiger partial charge in [-0.1, -0.05) is 18.2 Å². The molecule has 2 aromatic carbocycles. The Morgan fingerprint density at radius 1 is 1.32 bits per heavy atom. The van der Waals surface area contributed by atoms with Crippen LogP contribution in [-0.4, -0.2) is 18.2 Å². The third-order valence-electron chi connectivity index (χ3n) is 3.88. The second-order valence-electron chi connectivity index (χ2n) is 5.13. The summed E-state index contributed by atoms with van der Waals surface area (Å²) in [6.07, 6.45) is 0.459. The molecule has 4 nitrogen and oxygen atoms in total. The normalized spacial score (nSPS) is 10.1. The third kappa shape index (κ3) is 2.79. The first-order valence-corrected chi connectivity index (χ1v) is 6.88. The number of nitriles is 1. The average Bonchev–Trinajstić information content (AvgIpc) is 2.51. The summed E-state index contributed by atoms with van der Waals surface area (Å²) in [7, 11) is 1.59. The van der Waals surface area contributed by atoms with Crippen molar-refractivity contribution in [2.45, 2.75) is 20.3 Å². The summed E-state index contributed by atoms with van der Waals surface area (Å²) in [6.45, 7) is 3.77. The molecular weight excluding hydrogens is 278 g/mol. The van der Waals surface area contributed by atoms with Crippen LogP contribution in [0.25, 0.3) is 0 Å². The van der Waals surface area contributed by atoms with Crippen molar-refractivity contribution in [3.05, 3.63) is 63.7 Å². The summed E-state index contributed by atoms with van der Waals surface area (Å²) in [5.41, 5.74) is 3.74. The molecule has 0 radical (unpaired) electrons. The number of aromatic carboxylic acids is 1. The van der Waals surface area contributed by atoms with Crippen LogP contribution in [0.5, 0.6) is 5.75 Å². The SMILES string of the molecule is COc1ccccc1Cc1c(C)c(C)cc(C(=O)O)c1C#N. The molecule has 0 aromatic heterocycles. The minimum atomic E-state index is -1.08. The van der Waals surface area contributed by atoms with Crippen LogP contribution in [0.2, 0.25) is 0 Å². The molecule has 0 amide bonds. The lowest BCUT2D eigenvalue weighted by molar-refractivity contribution is 0.0696. The fourth-order valence-electron chi connectivity index (χ4n) is 2.54. The van der Waals surface area contributed by atoms with Gasteiger partial charge in [-0.3, -0.25) is 0 Å². The summed E-state index contributed by atoms with van der Waals surface area (Å²) in [5, 5.41) is 18.8. The number of carboxylic acids is 1. The average molecular weight is 295 g/mol. The molecule has 1 N–H and O–H groups in total. The molecule has 112 valence electrons. The van der Waals surface area contributed by atoms with E-state index in [9.17, 15) is 15.2 Å². The van der Waals surface area contributed by atoms with Crippen LogP contribution in [0, 0.1) is 25.2 Å². The molecule has 0 aliphatic carbocycles. The highest BCUT2D eigenvalue weighted by atomic mass is 16.5. The van der Waals surface area contributed by atoms with Gasteiger partial charge in [0, 0.05) is 6.42 Å². The van der Waals surface area contributed by atoms with E-state index in [4.69, 9.17) is 4.74 Å². The maximum absolute atomic E-state index is 11.4. The Labute approximate surface area is 129 Å². The Morgan fingerprint density at radius 3 is 2.59 bits per heavy atom. The molecule has 0 aliphatic heterocycles. The number of hydrogen-bond donors (Lipinski definition) is 1. The van der Waals surface area contributed by atoms with Crippen molar-refractivity contribution in [2.24, 2.45) is 0 Å². The van der Waals surface area contributed by atoms with Crippen molar-refractivity contribution < 1.29 is 14.6 Å². The van der Waals surface area contributed by atoms with Gasteiger partial charge in [-0.05, 0) is 48.2 Å². The summed E-state index contributed by atoms with van der Waals surface area (Å²) in [4.78, 5) is 11.4. The van der Waals surface area contributed by atoms with Gasteiger partial charge in [0.05, 0.1) is 18.2 Å². The topological polar surface area (TPSA) is 70.3 Å². The summed E-state index contributed by atoms with van der Waals surface area (Å²) in [6, 6.07) is 11.1. The molecular formula is C18H17NO3. The maximum atomic E-state index is 11.4. The fourth-order valence-corrected chi connectivity index (χ4v) is 2.54. The summed E-state index contributed by atoms with van der Waals surface area (Å²) in [5.74, 6) is -0.356. The van der Waals surface area contributed by atoms with Crippen molar-refractivity contribution in [3.8, 4) is 11.8 Å². The molecule has 2 aromatic rings. The Balaban J connectivity index is 2.64. The Hall–Kier alpha value is -2.80. The maximum Gasteiger partial charge on any atom is 0.337 e. The fraction of sp³-hybridized carbons (Fsp3) is 0.222. The van der Waals surface area contributed by atoms with Crippen molar-refractivity contribution in [1.82, 2.24) is 0 Å². The highest BCUT2D eigenvalue weighted by Crippen LogP contribution is 2.28. The zero-order valence-corrected chi connectivity index (χ0v) is 12.8. The molecule has 0 fully saturated rings. The first kappa shape index (κ1) is 15.6. The number of ether oxygens (including phenoxy) is 1. The van der Waals surface area contributed by atoms with Crippen molar-refractivity contribution in [2.75, 3.05) is 7.11 Å². The van der Waals surface area contributed by atoms with Crippen LogP contribution in [0.4, 0.5) is 0 Å². The van der Waals surface area contributed by atoms with Gasteiger partial charge >= 0.3 is 5.97 Å². The molecule has 0 spiro atoms. The minimum Gasteiger partial charge on any atom is -0.496 e. The second kappa shape index (κ2) is 6.31. The lowest BCUT2D eigenvalue weighted by atomic mass is 9.89. The zero-order valence-electron chi connectivity index (χ0n) is 12.8. The smallest absolute Gasteiger partial charge is 0.337 e. The predicted octanol–water partition coefficient (Wildman–Crippen LogP) is 3.47. The van der Waals surface area contributed by atoms with E-state index in [1.165, 1.54) is 0 Å². The van der Waals surface area contributed by atoms with E-state index in [1.54, 1.807) is 13.2 Å². The van der Waals surface area contributed by atoms with E-state index >= 15 is 0 Å². The largest absolute Gasteiger partial charge is 0.496 e. The van der Waals surface area contributed by atoms with Gasteiger partial charge in [-0.25, -0.2) is 4.79 Å². The van der Waals surface area contributed by atoms with Gasteiger partial charge < -0.3 is 9.84 Å². The van der Waals surface area contributed by atoms with Crippen molar-refractivity contribution in [1.29, 1.82) is 5.26 Å². The number of benzene rings is 2. The number of carbonyl (C=O) groups is 1. The number of para-hydroxylation sites is 1. The van der Waals surface area contributed by atoms with Crippen LogP contribution >= 0.6 is 0 Å². The van der Waals surface area contributed by atoms with E-state index < -0.39 is 5.97 Å². The van der Waals surface area contributed by atoms with Gasteiger partial charge in [0.1, 0.15) is 11.8 Å². The number of nitrogens with zero attached hydrogens (tertiary/aromatic N) is 1. The lowest BCUT2D eigenvalue weighted by Gasteiger charge is -2.15. The summed E-state index contributed by atoms with van der Waals surface area (Å²) < 4.78 is 5.34. The van der Waals surface area contributed by atoms with Gasteiger partial charge in [0.15, 0.2) is 0 Å². The van der Waals surface area contributed by atoms with Crippen molar-refractivity contribution in [3.63, 3.8) is 0 Å².